The molecule has 1 aliphatic rings. The van der Waals surface area contributed by atoms with Gasteiger partial charge in [-0.15, -0.1) is 0 Å². The molecule has 1 fully saturated rings. The Morgan fingerprint density at radius 1 is 1.29 bits per heavy atom. The van der Waals surface area contributed by atoms with Gasteiger partial charge in [-0.3, -0.25) is 4.79 Å². The summed E-state index contributed by atoms with van der Waals surface area (Å²) in [5.41, 5.74) is 2.55. The van der Waals surface area contributed by atoms with Crippen molar-refractivity contribution in [1.82, 2.24) is 5.32 Å². The van der Waals surface area contributed by atoms with Crippen LogP contribution in [0, 0.1) is 5.92 Å². The molecule has 1 saturated carbocycles. The summed E-state index contributed by atoms with van der Waals surface area (Å²) in [5, 5.41) is 12.3. The quantitative estimate of drug-likeness (QED) is 0.819. The lowest BCUT2D eigenvalue weighted by Gasteiger charge is -2.34. The summed E-state index contributed by atoms with van der Waals surface area (Å²) < 4.78 is 0. The zero-order valence-electron chi connectivity index (χ0n) is 10.1. The Hall–Kier alpha value is -1.35. The van der Waals surface area contributed by atoms with Crippen molar-refractivity contribution in [2.24, 2.45) is 5.92 Å². The molecule has 0 aromatic heterocycles. The molecular weight excluding hydrogens is 214 g/mol. The van der Waals surface area contributed by atoms with Crippen LogP contribution in [-0.4, -0.2) is 17.1 Å². The van der Waals surface area contributed by atoms with Crippen molar-refractivity contribution in [3.05, 3.63) is 35.4 Å². The van der Waals surface area contributed by atoms with Crippen LogP contribution < -0.4 is 5.32 Å². The average molecular weight is 233 g/mol. The van der Waals surface area contributed by atoms with E-state index in [-0.39, 0.29) is 12.0 Å². The van der Waals surface area contributed by atoms with Crippen molar-refractivity contribution in [3.63, 3.8) is 0 Å². The number of aryl methyl sites for hydroxylation is 1. The largest absolute Gasteiger partial charge is 0.481 e. The highest BCUT2D eigenvalue weighted by Gasteiger charge is 2.35. The lowest BCUT2D eigenvalue weighted by molar-refractivity contribution is -0.146. The van der Waals surface area contributed by atoms with Crippen LogP contribution in [0.4, 0.5) is 0 Å². The molecule has 0 spiro atoms. The van der Waals surface area contributed by atoms with Gasteiger partial charge in [0.1, 0.15) is 0 Å². The fourth-order valence-electron chi connectivity index (χ4n) is 2.18. The maximum Gasteiger partial charge on any atom is 0.308 e. The number of hydrogen-bond donors (Lipinski definition) is 2. The standard InChI is InChI=1S/C14H19NO2/c1-2-10-3-5-11(6-4-10)9-15-13-8-7-12(13)14(16)17/h3-6,12-13,15H,2,7-9H2,1H3,(H,16,17). The van der Waals surface area contributed by atoms with Gasteiger partial charge < -0.3 is 10.4 Å². The number of rotatable bonds is 5. The number of carboxylic acids is 1. The Morgan fingerprint density at radius 3 is 2.41 bits per heavy atom. The molecule has 3 heteroatoms. The summed E-state index contributed by atoms with van der Waals surface area (Å²) in [6.45, 7) is 2.90. The molecule has 2 rings (SSSR count). The monoisotopic (exact) mass is 233 g/mol. The van der Waals surface area contributed by atoms with E-state index in [2.05, 4.69) is 36.5 Å². The van der Waals surface area contributed by atoms with Crippen LogP contribution in [0.5, 0.6) is 0 Å². The second-order valence-electron chi connectivity index (χ2n) is 4.68. The van der Waals surface area contributed by atoms with Gasteiger partial charge in [-0.05, 0) is 30.4 Å². The lowest BCUT2D eigenvalue weighted by Crippen LogP contribution is -2.47. The number of carbonyl (C=O) groups is 1. The highest BCUT2D eigenvalue weighted by molar-refractivity contribution is 5.72. The van der Waals surface area contributed by atoms with E-state index in [0.29, 0.717) is 0 Å². The number of hydrogen-bond acceptors (Lipinski definition) is 2. The van der Waals surface area contributed by atoms with Crippen LogP contribution in [0.3, 0.4) is 0 Å². The molecule has 1 aliphatic carbocycles. The molecule has 0 radical (unpaired) electrons. The van der Waals surface area contributed by atoms with Crippen molar-refractivity contribution in [3.8, 4) is 0 Å². The first-order valence-corrected chi connectivity index (χ1v) is 6.24. The first-order chi connectivity index (χ1) is 8.20. The van der Waals surface area contributed by atoms with E-state index in [1.165, 1.54) is 11.1 Å². The van der Waals surface area contributed by atoms with Crippen LogP contribution in [-0.2, 0) is 17.8 Å². The Labute approximate surface area is 102 Å². The van der Waals surface area contributed by atoms with Gasteiger partial charge in [-0.25, -0.2) is 0 Å². The van der Waals surface area contributed by atoms with E-state index < -0.39 is 5.97 Å². The zero-order chi connectivity index (χ0) is 12.3. The maximum atomic E-state index is 10.8. The summed E-state index contributed by atoms with van der Waals surface area (Å²) in [7, 11) is 0. The zero-order valence-corrected chi connectivity index (χ0v) is 10.1. The van der Waals surface area contributed by atoms with E-state index in [0.717, 1.165) is 25.8 Å². The van der Waals surface area contributed by atoms with E-state index in [4.69, 9.17) is 5.11 Å². The van der Waals surface area contributed by atoms with Gasteiger partial charge in [0, 0.05) is 12.6 Å². The molecule has 0 aliphatic heterocycles. The van der Waals surface area contributed by atoms with Crippen LogP contribution in [0.2, 0.25) is 0 Å². The number of aliphatic carboxylic acids is 1. The third-order valence-corrected chi connectivity index (χ3v) is 3.59. The predicted octanol–water partition coefficient (Wildman–Crippen LogP) is 2.20. The van der Waals surface area contributed by atoms with Crippen molar-refractivity contribution in [2.45, 2.75) is 38.8 Å². The molecule has 17 heavy (non-hydrogen) atoms. The predicted molar refractivity (Wildman–Crippen MR) is 66.8 cm³/mol. The molecule has 0 bridgehead atoms. The van der Waals surface area contributed by atoms with Crippen molar-refractivity contribution < 1.29 is 9.90 Å². The van der Waals surface area contributed by atoms with E-state index in [1.807, 2.05) is 0 Å². The van der Waals surface area contributed by atoms with Crippen LogP contribution in [0.25, 0.3) is 0 Å². The second kappa shape index (κ2) is 5.32. The maximum absolute atomic E-state index is 10.8. The van der Waals surface area contributed by atoms with Gasteiger partial charge in [-0.1, -0.05) is 31.2 Å². The smallest absolute Gasteiger partial charge is 0.308 e. The van der Waals surface area contributed by atoms with E-state index in [9.17, 15) is 4.79 Å². The second-order valence-corrected chi connectivity index (χ2v) is 4.68. The minimum Gasteiger partial charge on any atom is -0.481 e. The summed E-state index contributed by atoms with van der Waals surface area (Å²) in [6.07, 6.45) is 2.84. The third kappa shape index (κ3) is 2.86. The molecule has 2 N–H and O–H groups in total. The summed E-state index contributed by atoms with van der Waals surface area (Å²) in [4.78, 5) is 10.8. The molecule has 0 saturated heterocycles. The number of benzene rings is 1. The summed E-state index contributed by atoms with van der Waals surface area (Å²) in [5.74, 6) is -0.861. The topological polar surface area (TPSA) is 49.3 Å². The van der Waals surface area contributed by atoms with Crippen molar-refractivity contribution in [2.75, 3.05) is 0 Å². The molecule has 1 aromatic rings. The molecule has 2 unspecified atom stereocenters. The Morgan fingerprint density at radius 2 is 1.94 bits per heavy atom. The normalized spacial score (nSPS) is 23.1. The molecule has 1 aromatic carbocycles. The molecule has 2 atom stereocenters. The highest BCUT2D eigenvalue weighted by atomic mass is 16.4. The van der Waals surface area contributed by atoms with Gasteiger partial charge in [0.25, 0.3) is 0 Å². The van der Waals surface area contributed by atoms with Crippen LogP contribution in [0.1, 0.15) is 30.9 Å². The molecule has 0 amide bonds. The Bertz CT molecular complexity index is 386. The fraction of sp³-hybridized carbons (Fsp3) is 0.500. The van der Waals surface area contributed by atoms with Gasteiger partial charge in [0.05, 0.1) is 5.92 Å². The van der Waals surface area contributed by atoms with Gasteiger partial charge >= 0.3 is 5.97 Å². The Kier molecular flexibility index (Phi) is 3.79. The summed E-state index contributed by atoms with van der Waals surface area (Å²) >= 11 is 0. The summed E-state index contributed by atoms with van der Waals surface area (Å²) in [6, 6.07) is 8.64. The van der Waals surface area contributed by atoms with Crippen LogP contribution in [0.15, 0.2) is 24.3 Å². The molecular formula is C14H19NO2. The highest BCUT2D eigenvalue weighted by Crippen LogP contribution is 2.27. The third-order valence-electron chi connectivity index (χ3n) is 3.59. The van der Waals surface area contributed by atoms with Crippen LogP contribution >= 0.6 is 0 Å². The number of carboxylic acid groups (broad SMARTS) is 1. The average Bonchev–Trinajstić information content (AvgIpc) is 2.28. The number of nitrogens with one attached hydrogen (secondary N) is 1. The van der Waals surface area contributed by atoms with E-state index >= 15 is 0 Å². The van der Waals surface area contributed by atoms with E-state index in [1.54, 1.807) is 0 Å². The van der Waals surface area contributed by atoms with Gasteiger partial charge in [0.2, 0.25) is 0 Å². The first kappa shape index (κ1) is 12.1. The molecule has 3 nitrogen and oxygen atoms in total. The van der Waals surface area contributed by atoms with Crippen molar-refractivity contribution in [1.29, 1.82) is 0 Å². The van der Waals surface area contributed by atoms with Gasteiger partial charge in [-0.2, -0.15) is 0 Å². The lowest BCUT2D eigenvalue weighted by atomic mass is 9.79. The minimum absolute atomic E-state index is 0.151. The Balaban J connectivity index is 1.83. The SMILES string of the molecule is CCc1ccc(CNC2CCC2C(=O)O)cc1. The van der Waals surface area contributed by atoms with Gasteiger partial charge in [0.15, 0.2) is 0 Å². The fourth-order valence-corrected chi connectivity index (χ4v) is 2.18. The minimum atomic E-state index is -0.671. The first-order valence-electron chi connectivity index (χ1n) is 6.24. The molecule has 0 heterocycles. The molecule has 92 valence electrons. The van der Waals surface area contributed by atoms with Crippen molar-refractivity contribution >= 4 is 5.97 Å².